The largest absolute Gasteiger partial charge is 0.523 e. The maximum atomic E-state index is 13.1. The lowest BCUT2D eigenvalue weighted by atomic mass is 10.2. The highest BCUT2D eigenvalue weighted by atomic mass is 32.2. The van der Waals surface area contributed by atoms with Crippen LogP contribution in [0.15, 0.2) is 30.3 Å². The topological polar surface area (TPSA) is 43.4 Å². The van der Waals surface area contributed by atoms with E-state index in [1.165, 1.54) is 18.2 Å². The van der Waals surface area contributed by atoms with E-state index in [0.29, 0.717) is 0 Å². The predicted molar refractivity (Wildman–Crippen MR) is 46.4 cm³/mol. The molecule has 16 heavy (non-hydrogen) atoms. The summed E-state index contributed by atoms with van der Waals surface area (Å²) in [6, 6.07) is 6.39. The molecule has 0 saturated carbocycles. The van der Waals surface area contributed by atoms with Gasteiger partial charge >= 0.3 is 15.6 Å². The Balaban J connectivity index is 2.85. The zero-order valence-corrected chi connectivity index (χ0v) is 8.43. The van der Waals surface area contributed by atoms with Crippen LogP contribution in [0.3, 0.4) is 0 Å². The van der Waals surface area contributed by atoms with E-state index in [9.17, 15) is 26.0 Å². The first-order valence-corrected chi connectivity index (χ1v) is 5.33. The molecule has 1 unspecified atom stereocenters. The van der Waals surface area contributed by atoms with E-state index in [2.05, 4.69) is 4.18 Å². The average Bonchev–Trinajstić information content (AvgIpc) is 2.16. The first-order valence-electron chi connectivity index (χ1n) is 3.92. The molecule has 0 aliphatic heterocycles. The van der Waals surface area contributed by atoms with Gasteiger partial charge in [-0.15, -0.1) is 0 Å². The van der Waals surface area contributed by atoms with Crippen LogP contribution < -0.4 is 0 Å². The SMILES string of the molecule is O=S(=O)(OC(F)c1ccccc1)C(F)(F)F. The monoisotopic (exact) mass is 258 g/mol. The predicted octanol–water partition coefficient (Wildman–Crippen LogP) is 2.52. The lowest BCUT2D eigenvalue weighted by Crippen LogP contribution is -2.26. The van der Waals surface area contributed by atoms with Crippen LogP contribution in [0, 0.1) is 0 Å². The second-order valence-electron chi connectivity index (χ2n) is 2.72. The molecule has 0 radical (unpaired) electrons. The number of halogens is 4. The summed E-state index contributed by atoms with van der Waals surface area (Å²) in [5.41, 5.74) is -5.94. The molecule has 0 aromatic heterocycles. The van der Waals surface area contributed by atoms with Crippen LogP contribution in [-0.4, -0.2) is 13.9 Å². The maximum absolute atomic E-state index is 13.1. The molecule has 0 aliphatic carbocycles. The summed E-state index contributed by atoms with van der Waals surface area (Å²) < 4.78 is 72.8. The summed E-state index contributed by atoms with van der Waals surface area (Å²) in [6.07, 6.45) is -2.67. The van der Waals surface area contributed by atoms with Crippen LogP contribution in [0.2, 0.25) is 0 Å². The molecule has 1 atom stereocenters. The van der Waals surface area contributed by atoms with Crippen molar-refractivity contribution in [2.75, 3.05) is 0 Å². The molecule has 0 saturated heterocycles. The molecular weight excluding hydrogens is 252 g/mol. The smallest absolute Gasteiger partial charge is 0.222 e. The highest BCUT2D eigenvalue weighted by Crippen LogP contribution is 2.30. The van der Waals surface area contributed by atoms with Crippen molar-refractivity contribution in [3.8, 4) is 0 Å². The second kappa shape index (κ2) is 4.38. The van der Waals surface area contributed by atoms with E-state index < -0.39 is 22.0 Å². The number of rotatable bonds is 3. The number of benzene rings is 1. The third-order valence-corrected chi connectivity index (χ3v) is 2.55. The molecule has 0 heterocycles. The zero-order valence-electron chi connectivity index (χ0n) is 7.61. The van der Waals surface area contributed by atoms with Crippen molar-refractivity contribution in [3.05, 3.63) is 35.9 Å². The van der Waals surface area contributed by atoms with Crippen LogP contribution in [0.4, 0.5) is 17.6 Å². The van der Waals surface area contributed by atoms with Gasteiger partial charge in [-0.2, -0.15) is 21.6 Å². The van der Waals surface area contributed by atoms with E-state index in [0.717, 1.165) is 12.1 Å². The van der Waals surface area contributed by atoms with Crippen molar-refractivity contribution in [3.63, 3.8) is 0 Å². The van der Waals surface area contributed by atoms with Crippen LogP contribution in [-0.2, 0) is 14.3 Å². The summed E-state index contributed by atoms with van der Waals surface area (Å²) in [5.74, 6) is 0. The van der Waals surface area contributed by atoms with Crippen molar-refractivity contribution in [2.24, 2.45) is 0 Å². The van der Waals surface area contributed by atoms with Crippen LogP contribution in [0.1, 0.15) is 11.9 Å². The molecule has 0 N–H and O–H groups in total. The summed E-state index contributed by atoms with van der Waals surface area (Å²) in [6.45, 7) is 0. The van der Waals surface area contributed by atoms with Crippen LogP contribution in [0.5, 0.6) is 0 Å². The van der Waals surface area contributed by atoms with Gasteiger partial charge in [0.25, 0.3) is 0 Å². The molecule has 0 aliphatic rings. The first-order chi connectivity index (χ1) is 7.24. The highest BCUT2D eigenvalue weighted by Gasteiger charge is 2.49. The molecule has 1 rings (SSSR count). The van der Waals surface area contributed by atoms with Gasteiger partial charge in [0.2, 0.25) is 6.36 Å². The first kappa shape index (κ1) is 12.9. The summed E-state index contributed by atoms with van der Waals surface area (Å²) in [5, 5.41) is 0. The Morgan fingerprint density at radius 3 is 2.06 bits per heavy atom. The standard InChI is InChI=1S/C8H6F4O3S/c9-7(6-4-2-1-3-5-6)15-16(13,14)8(10,11)12/h1-5,7H. The second-order valence-corrected chi connectivity index (χ2v) is 4.29. The number of alkyl halides is 4. The van der Waals surface area contributed by atoms with Crippen molar-refractivity contribution in [1.29, 1.82) is 0 Å². The zero-order chi connectivity index (χ0) is 12.4. The third-order valence-electron chi connectivity index (χ3n) is 1.56. The fourth-order valence-electron chi connectivity index (χ4n) is 0.826. The van der Waals surface area contributed by atoms with Gasteiger partial charge in [-0.05, 0) is 0 Å². The Bertz CT molecular complexity index is 440. The minimum absolute atomic E-state index is 0.310. The lowest BCUT2D eigenvalue weighted by molar-refractivity contribution is -0.0650. The molecule has 0 bridgehead atoms. The van der Waals surface area contributed by atoms with Crippen molar-refractivity contribution in [1.82, 2.24) is 0 Å². The molecule has 1 aromatic rings. The van der Waals surface area contributed by atoms with Gasteiger partial charge in [-0.3, -0.25) is 0 Å². The Kier molecular flexibility index (Phi) is 3.54. The Morgan fingerprint density at radius 2 is 1.62 bits per heavy atom. The van der Waals surface area contributed by atoms with E-state index >= 15 is 0 Å². The minimum atomic E-state index is -5.92. The van der Waals surface area contributed by atoms with E-state index in [-0.39, 0.29) is 5.56 Å². The molecule has 0 fully saturated rings. The highest BCUT2D eigenvalue weighted by molar-refractivity contribution is 7.87. The van der Waals surface area contributed by atoms with Crippen molar-refractivity contribution < 1.29 is 30.2 Å². The van der Waals surface area contributed by atoms with Gasteiger partial charge in [0, 0.05) is 5.56 Å². The molecule has 1 aromatic carbocycles. The molecule has 0 spiro atoms. The molecule has 3 nitrogen and oxygen atoms in total. The molecule has 8 heteroatoms. The van der Waals surface area contributed by atoms with Crippen molar-refractivity contribution in [2.45, 2.75) is 11.9 Å². The van der Waals surface area contributed by atoms with E-state index in [4.69, 9.17) is 0 Å². The molecule has 0 amide bonds. The van der Waals surface area contributed by atoms with Gasteiger partial charge in [0.1, 0.15) is 0 Å². The van der Waals surface area contributed by atoms with E-state index in [1.807, 2.05) is 0 Å². The van der Waals surface area contributed by atoms with Gasteiger partial charge in [-0.1, -0.05) is 30.3 Å². The summed E-state index contributed by atoms with van der Waals surface area (Å²) in [7, 11) is -5.92. The van der Waals surface area contributed by atoms with E-state index in [1.54, 1.807) is 0 Å². The van der Waals surface area contributed by atoms with Gasteiger partial charge in [0.05, 0.1) is 0 Å². The number of hydrogen-bond donors (Lipinski definition) is 0. The molecular formula is C8H6F4O3S. The Labute approximate surface area is 88.8 Å². The van der Waals surface area contributed by atoms with Gasteiger partial charge in [0.15, 0.2) is 0 Å². The van der Waals surface area contributed by atoms with Gasteiger partial charge in [-0.25, -0.2) is 8.57 Å². The quantitative estimate of drug-likeness (QED) is 0.475. The minimum Gasteiger partial charge on any atom is -0.222 e. The van der Waals surface area contributed by atoms with Crippen LogP contribution >= 0.6 is 0 Å². The Hall–Kier alpha value is -1.15. The fourth-order valence-corrected chi connectivity index (χ4v) is 1.27. The third kappa shape index (κ3) is 2.92. The molecule has 90 valence electrons. The van der Waals surface area contributed by atoms with Crippen molar-refractivity contribution >= 4 is 10.1 Å². The van der Waals surface area contributed by atoms with Crippen LogP contribution in [0.25, 0.3) is 0 Å². The Morgan fingerprint density at radius 1 is 1.12 bits per heavy atom. The maximum Gasteiger partial charge on any atom is 0.523 e. The number of hydrogen-bond acceptors (Lipinski definition) is 3. The normalized spacial score (nSPS) is 14.8. The lowest BCUT2D eigenvalue weighted by Gasteiger charge is -2.11. The fraction of sp³-hybridized carbons (Fsp3) is 0.250. The summed E-state index contributed by atoms with van der Waals surface area (Å²) >= 11 is 0. The summed E-state index contributed by atoms with van der Waals surface area (Å²) in [4.78, 5) is 0. The van der Waals surface area contributed by atoms with Gasteiger partial charge < -0.3 is 0 Å². The average molecular weight is 258 g/mol.